The monoisotopic (exact) mass is 579 g/mol. The number of nitrogens with zero attached hydrogens (tertiary/aromatic N) is 1. The molecule has 0 saturated carbocycles. The Morgan fingerprint density at radius 3 is 1.72 bits per heavy atom. The molecule has 0 aliphatic heterocycles. The average Bonchev–Trinajstić information content (AvgIpc) is 2.86. The van der Waals surface area contributed by atoms with Crippen molar-refractivity contribution >= 4 is 13.7 Å². The van der Waals surface area contributed by atoms with E-state index in [0.29, 0.717) is 23.9 Å². The van der Waals surface area contributed by atoms with Gasteiger partial charge in [-0.15, -0.1) is 0 Å². The van der Waals surface area contributed by atoms with Crippen LogP contribution in [0.3, 0.4) is 0 Å². The number of quaternary nitrogens is 1. The minimum absolute atomic E-state index is 0.0766. The minimum atomic E-state index is -4.28. The lowest BCUT2D eigenvalue weighted by Gasteiger charge is -2.26. The number of amides is 1. The number of nitrogens with one attached hydrogen (secondary N) is 1. The van der Waals surface area contributed by atoms with Gasteiger partial charge in [-0.25, -0.2) is 4.57 Å². The molecule has 0 aromatic carbocycles. The fraction of sp³-hybridized carbons (Fsp3) is 0.967. The van der Waals surface area contributed by atoms with Crippen LogP contribution in [0.15, 0.2) is 0 Å². The van der Waals surface area contributed by atoms with E-state index in [1.807, 2.05) is 21.1 Å². The molecule has 234 valence electrons. The van der Waals surface area contributed by atoms with Crippen molar-refractivity contribution in [2.24, 2.45) is 0 Å². The second kappa shape index (κ2) is 24.1. The third-order valence-corrected chi connectivity index (χ3v) is 8.09. The van der Waals surface area contributed by atoms with Gasteiger partial charge in [0, 0.05) is 6.42 Å². The van der Waals surface area contributed by atoms with Crippen molar-refractivity contribution in [2.75, 3.05) is 40.9 Å². The Hall–Kier alpha value is -0.500. The summed E-state index contributed by atoms with van der Waals surface area (Å²) in [5.41, 5.74) is 0. The van der Waals surface area contributed by atoms with Crippen LogP contribution in [0.2, 0.25) is 0 Å². The van der Waals surface area contributed by atoms with Gasteiger partial charge in [0.05, 0.1) is 39.9 Å². The summed E-state index contributed by atoms with van der Waals surface area (Å²) in [5.74, 6) is -0.164. The molecule has 0 bridgehead atoms. The van der Waals surface area contributed by atoms with Gasteiger partial charge in [-0.05, 0) is 12.8 Å². The van der Waals surface area contributed by atoms with E-state index in [1.165, 1.54) is 64.2 Å². The SMILES string of the molecule is CCCCCCCCCCCCCCCC(O)C(COP(=O)(O)OCC[N+](C)(C)C)NC(=O)CCCCCC. The summed E-state index contributed by atoms with van der Waals surface area (Å²) in [7, 11) is 1.61. The molecule has 3 atom stereocenters. The van der Waals surface area contributed by atoms with E-state index in [0.717, 1.165) is 44.9 Å². The van der Waals surface area contributed by atoms with Crippen molar-refractivity contribution in [3.8, 4) is 0 Å². The lowest BCUT2D eigenvalue weighted by Crippen LogP contribution is -2.46. The Morgan fingerprint density at radius 2 is 1.23 bits per heavy atom. The maximum absolute atomic E-state index is 12.5. The second-order valence-electron chi connectivity index (χ2n) is 12.2. The van der Waals surface area contributed by atoms with Crippen molar-refractivity contribution in [2.45, 2.75) is 148 Å². The fourth-order valence-corrected chi connectivity index (χ4v) is 5.19. The van der Waals surface area contributed by atoms with E-state index in [-0.39, 0.29) is 19.1 Å². The molecule has 39 heavy (non-hydrogen) atoms. The highest BCUT2D eigenvalue weighted by Gasteiger charge is 2.28. The van der Waals surface area contributed by atoms with E-state index in [2.05, 4.69) is 19.2 Å². The van der Waals surface area contributed by atoms with Crippen LogP contribution in [-0.2, 0) is 18.4 Å². The quantitative estimate of drug-likeness (QED) is 0.0518. The smallest absolute Gasteiger partial charge is 0.391 e. The number of phosphoric acid groups is 1. The van der Waals surface area contributed by atoms with E-state index < -0.39 is 20.0 Å². The van der Waals surface area contributed by atoms with Crippen LogP contribution < -0.4 is 5.32 Å². The number of likely N-dealkylation sites (N-methyl/N-ethyl adjacent to an activating group) is 1. The van der Waals surface area contributed by atoms with Crippen molar-refractivity contribution in [1.82, 2.24) is 5.32 Å². The number of hydrogen-bond acceptors (Lipinski definition) is 5. The highest BCUT2D eigenvalue weighted by Crippen LogP contribution is 2.43. The van der Waals surface area contributed by atoms with E-state index >= 15 is 0 Å². The first kappa shape index (κ1) is 38.5. The molecular weight excluding hydrogens is 515 g/mol. The molecule has 9 heteroatoms. The highest BCUT2D eigenvalue weighted by molar-refractivity contribution is 7.47. The van der Waals surface area contributed by atoms with E-state index in [1.54, 1.807) is 0 Å². The summed E-state index contributed by atoms with van der Waals surface area (Å²) in [4.78, 5) is 22.6. The molecule has 0 aromatic rings. The minimum Gasteiger partial charge on any atom is -0.391 e. The summed E-state index contributed by atoms with van der Waals surface area (Å²) >= 11 is 0. The van der Waals surface area contributed by atoms with Gasteiger partial charge in [0.25, 0.3) is 0 Å². The van der Waals surface area contributed by atoms with E-state index in [4.69, 9.17) is 9.05 Å². The molecule has 0 rings (SSSR count). The zero-order chi connectivity index (χ0) is 29.4. The summed E-state index contributed by atoms with van der Waals surface area (Å²) in [6.07, 6.45) is 20.3. The van der Waals surface area contributed by atoms with Gasteiger partial charge >= 0.3 is 7.82 Å². The molecule has 0 radical (unpaired) electrons. The van der Waals surface area contributed by atoms with Crippen molar-refractivity contribution in [3.05, 3.63) is 0 Å². The first-order valence-electron chi connectivity index (χ1n) is 15.9. The molecule has 0 aliphatic carbocycles. The largest absolute Gasteiger partial charge is 0.472 e. The molecule has 1 amide bonds. The van der Waals surface area contributed by atoms with Crippen LogP contribution in [0.4, 0.5) is 0 Å². The molecule has 3 unspecified atom stereocenters. The van der Waals surface area contributed by atoms with E-state index in [9.17, 15) is 19.4 Å². The molecule has 0 heterocycles. The Kier molecular flexibility index (Phi) is 23.8. The van der Waals surface area contributed by atoms with Gasteiger partial charge in [0.1, 0.15) is 13.2 Å². The Labute approximate surface area is 240 Å². The molecular formula is C30H64N2O6P+. The first-order chi connectivity index (χ1) is 18.5. The molecule has 3 N–H and O–H groups in total. The Balaban J connectivity index is 4.41. The maximum atomic E-state index is 12.5. The Bertz CT molecular complexity index is 629. The lowest BCUT2D eigenvalue weighted by molar-refractivity contribution is -0.870. The predicted molar refractivity (Wildman–Crippen MR) is 162 cm³/mol. The number of carbonyl (C=O) groups excluding carboxylic acids is 1. The summed E-state index contributed by atoms with van der Waals surface area (Å²) in [5, 5.41) is 13.7. The van der Waals surface area contributed by atoms with Crippen molar-refractivity contribution in [3.63, 3.8) is 0 Å². The van der Waals surface area contributed by atoms with Crippen LogP contribution in [0.5, 0.6) is 0 Å². The third-order valence-electron chi connectivity index (χ3n) is 7.11. The van der Waals surface area contributed by atoms with Crippen LogP contribution in [0.1, 0.15) is 136 Å². The third kappa shape index (κ3) is 26.2. The molecule has 0 saturated heterocycles. The predicted octanol–water partition coefficient (Wildman–Crippen LogP) is 7.12. The lowest BCUT2D eigenvalue weighted by atomic mass is 10.0. The fourth-order valence-electron chi connectivity index (χ4n) is 4.45. The number of carbonyl (C=O) groups is 1. The molecule has 8 nitrogen and oxygen atoms in total. The zero-order valence-electron chi connectivity index (χ0n) is 26.1. The number of phosphoric ester groups is 1. The standard InChI is InChI=1S/C30H63N2O6P/c1-6-8-10-12-13-14-15-16-17-18-19-20-21-23-29(33)28(31-30(34)24-22-11-9-7-2)27-38-39(35,36)37-26-25-32(3,4)5/h28-29,33H,6-27H2,1-5H3,(H-,31,34,35,36)/p+1. The number of hydrogen-bond donors (Lipinski definition) is 3. The van der Waals surface area contributed by atoms with Crippen LogP contribution in [-0.4, -0.2) is 73.4 Å². The highest BCUT2D eigenvalue weighted by atomic mass is 31.2. The first-order valence-corrected chi connectivity index (χ1v) is 17.4. The molecule has 0 spiro atoms. The van der Waals surface area contributed by atoms with Gasteiger partial charge in [-0.2, -0.15) is 0 Å². The topological polar surface area (TPSA) is 105 Å². The normalized spacial score (nSPS) is 15.2. The average molecular weight is 580 g/mol. The Morgan fingerprint density at radius 1 is 0.769 bits per heavy atom. The van der Waals surface area contributed by atoms with Gasteiger partial charge in [-0.3, -0.25) is 13.8 Å². The number of unbranched alkanes of at least 4 members (excludes halogenated alkanes) is 15. The summed E-state index contributed by atoms with van der Waals surface area (Å²) in [6, 6.07) is -0.747. The van der Waals surface area contributed by atoms with Gasteiger partial charge in [-0.1, -0.05) is 117 Å². The number of rotatable bonds is 28. The van der Waals surface area contributed by atoms with Gasteiger partial charge < -0.3 is 19.8 Å². The summed E-state index contributed by atoms with van der Waals surface area (Å²) < 4.78 is 23.2. The zero-order valence-corrected chi connectivity index (χ0v) is 27.0. The van der Waals surface area contributed by atoms with Crippen LogP contribution >= 0.6 is 7.82 Å². The maximum Gasteiger partial charge on any atom is 0.472 e. The molecule has 0 aliphatic rings. The number of aliphatic hydroxyl groups is 1. The number of aliphatic hydroxyl groups excluding tert-OH is 1. The van der Waals surface area contributed by atoms with Crippen molar-refractivity contribution < 1.29 is 32.9 Å². The second-order valence-corrected chi connectivity index (χ2v) is 13.6. The summed E-state index contributed by atoms with van der Waals surface area (Å²) in [6.45, 7) is 4.73. The molecule has 0 aromatic heterocycles. The van der Waals surface area contributed by atoms with Crippen LogP contribution in [0, 0.1) is 0 Å². The molecule has 0 fully saturated rings. The van der Waals surface area contributed by atoms with Crippen LogP contribution in [0.25, 0.3) is 0 Å². The van der Waals surface area contributed by atoms with Crippen molar-refractivity contribution in [1.29, 1.82) is 0 Å². The van der Waals surface area contributed by atoms with Gasteiger partial charge in [0.15, 0.2) is 0 Å². The van der Waals surface area contributed by atoms with Gasteiger partial charge in [0.2, 0.25) is 5.91 Å².